The third kappa shape index (κ3) is 1.93. The fourth-order valence-corrected chi connectivity index (χ4v) is 0.373. The molecule has 0 radical (unpaired) electrons. The maximum atomic E-state index is 8.48. The summed E-state index contributed by atoms with van der Waals surface area (Å²) in [6, 6.07) is 0. The van der Waals surface area contributed by atoms with E-state index in [0.29, 0.717) is 0 Å². The standard InChI is InChI=1S/C7H14N2/c1-5-7(2,3)9(4)6-8/h5H2,1-4H3. The lowest BCUT2D eigenvalue weighted by Gasteiger charge is -2.29. The van der Waals surface area contributed by atoms with Crippen LogP contribution in [0.3, 0.4) is 0 Å². The number of rotatable bonds is 2. The summed E-state index contributed by atoms with van der Waals surface area (Å²) >= 11 is 0. The summed E-state index contributed by atoms with van der Waals surface area (Å²) < 4.78 is 0. The summed E-state index contributed by atoms with van der Waals surface area (Å²) in [6.07, 6.45) is 3.09. The summed E-state index contributed by atoms with van der Waals surface area (Å²) in [7, 11) is 1.81. The Balaban J connectivity index is 4.01. The van der Waals surface area contributed by atoms with Gasteiger partial charge in [0, 0.05) is 12.6 Å². The van der Waals surface area contributed by atoms with Gasteiger partial charge in [0.2, 0.25) is 0 Å². The van der Waals surface area contributed by atoms with Crippen LogP contribution in [-0.2, 0) is 0 Å². The first-order valence-electron chi connectivity index (χ1n) is 3.18. The third-order valence-electron chi connectivity index (χ3n) is 1.92. The van der Waals surface area contributed by atoms with Gasteiger partial charge in [-0.15, -0.1) is 0 Å². The van der Waals surface area contributed by atoms with Gasteiger partial charge >= 0.3 is 0 Å². The molecule has 0 heterocycles. The zero-order chi connectivity index (χ0) is 7.49. The molecule has 0 aromatic carbocycles. The molecule has 0 N–H and O–H groups in total. The van der Waals surface area contributed by atoms with Gasteiger partial charge in [0.1, 0.15) is 0 Å². The molecule has 0 aliphatic rings. The van der Waals surface area contributed by atoms with Crippen molar-refractivity contribution in [2.45, 2.75) is 32.7 Å². The van der Waals surface area contributed by atoms with Gasteiger partial charge < -0.3 is 4.90 Å². The van der Waals surface area contributed by atoms with Crippen LogP contribution < -0.4 is 0 Å². The van der Waals surface area contributed by atoms with Crippen LogP contribution in [0.4, 0.5) is 0 Å². The first-order valence-corrected chi connectivity index (χ1v) is 3.18. The van der Waals surface area contributed by atoms with Crippen molar-refractivity contribution in [3.63, 3.8) is 0 Å². The topological polar surface area (TPSA) is 27.0 Å². The Morgan fingerprint density at radius 2 is 2.00 bits per heavy atom. The van der Waals surface area contributed by atoms with Gasteiger partial charge in [-0.1, -0.05) is 6.92 Å². The Morgan fingerprint density at radius 1 is 1.56 bits per heavy atom. The molecule has 0 fully saturated rings. The number of hydrogen-bond donors (Lipinski definition) is 0. The molecule has 0 unspecified atom stereocenters. The van der Waals surface area contributed by atoms with Crippen molar-refractivity contribution >= 4 is 0 Å². The summed E-state index contributed by atoms with van der Waals surface area (Å²) in [4.78, 5) is 1.67. The highest BCUT2D eigenvalue weighted by atomic mass is 15.1. The van der Waals surface area contributed by atoms with Crippen molar-refractivity contribution in [2.75, 3.05) is 7.05 Å². The van der Waals surface area contributed by atoms with Crippen LogP contribution in [0.25, 0.3) is 0 Å². The highest BCUT2D eigenvalue weighted by Crippen LogP contribution is 2.14. The molecule has 2 heteroatoms. The highest BCUT2D eigenvalue weighted by Gasteiger charge is 2.18. The van der Waals surface area contributed by atoms with E-state index in [-0.39, 0.29) is 5.54 Å². The monoisotopic (exact) mass is 126 g/mol. The maximum Gasteiger partial charge on any atom is 0.179 e. The second-order valence-electron chi connectivity index (χ2n) is 2.83. The van der Waals surface area contributed by atoms with Gasteiger partial charge in [0.05, 0.1) is 0 Å². The Morgan fingerprint density at radius 3 is 2.11 bits per heavy atom. The van der Waals surface area contributed by atoms with Gasteiger partial charge in [-0.2, -0.15) is 5.26 Å². The predicted molar refractivity (Wildman–Crippen MR) is 37.7 cm³/mol. The van der Waals surface area contributed by atoms with Gasteiger partial charge in [0.25, 0.3) is 0 Å². The number of nitrogens with zero attached hydrogens (tertiary/aromatic N) is 2. The molecule has 2 nitrogen and oxygen atoms in total. The van der Waals surface area contributed by atoms with E-state index in [0.717, 1.165) is 6.42 Å². The molecule has 0 aliphatic heterocycles. The molecule has 0 rings (SSSR count). The van der Waals surface area contributed by atoms with E-state index < -0.39 is 0 Å². The van der Waals surface area contributed by atoms with Crippen molar-refractivity contribution in [1.82, 2.24) is 4.90 Å². The van der Waals surface area contributed by atoms with Crippen molar-refractivity contribution in [3.05, 3.63) is 0 Å². The zero-order valence-electron chi connectivity index (χ0n) is 6.60. The molecule has 0 atom stereocenters. The molecule has 0 aliphatic carbocycles. The quantitative estimate of drug-likeness (QED) is 0.415. The highest BCUT2D eigenvalue weighted by molar-refractivity contribution is 4.85. The number of hydrogen-bond acceptors (Lipinski definition) is 2. The minimum atomic E-state index is 0.0226. The summed E-state index contributed by atoms with van der Waals surface area (Å²) in [5, 5.41) is 8.48. The molecular formula is C7H14N2. The van der Waals surface area contributed by atoms with Gasteiger partial charge in [-0.3, -0.25) is 0 Å². The minimum Gasteiger partial charge on any atom is -0.308 e. The minimum absolute atomic E-state index is 0.0226. The number of nitriles is 1. The summed E-state index contributed by atoms with van der Waals surface area (Å²) in [6.45, 7) is 6.18. The normalized spacial score (nSPS) is 10.6. The molecule has 0 saturated heterocycles. The molecular weight excluding hydrogens is 112 g/mol. The SMILES string of the molecule is CCC(C)(C)N(C)C#N. The fourth-order valence-electron chi connectivity index (χ4n) is 0.373. The van der Waals surface area contributed by atoms with Crippen LogP contribution in [0.1, 0.15) is 27.2 Å². The summed E-state index contributed by atoms with van der Waals surface area (Å²) in [5.41, 5.74) is 0.0226. The Hall–Kier alpha value is -0.710. The van der Waals surface area contributed by atoms with Crippen LogP contribution in [-0.4, -0.2) is 17.5 Å². The lowest BCUT2D eigenvalue weighted by molar-refractivity contribution is 0.228. The van der Waals surface area contributed by atoms with Crippen molar-refractivity contribution in [1.29, 1.82) is 5.26 Å². The van der Waals surface area contributed by atoms with Crippen LogP contribution in [0.5, 0.6) is 0 Å². The molecule has 0 bridgehead atoms. The largest absolute Gasteiger partial charge is 0.308 e. The smallest absolute Gasteiger partial charge is 0.179 e. The van der Waals surface area contributed by atoms with Gasteiger partial charge in [0.15, 0.2) is 6.19 Å². The molecule has 9 heavy (non-hydrogen) atoms. The van der Waals surface area contributed by atoms with E-state index in [2.05, 4.69) is 27.0 Å². The Bertz CT molecular complexity index is 121. The second kappa shape index (κ2) is 2.72. The molecule has 0 amide bonds. The molecule has 52 valence electrons. The predicted octanol–water partition coefficient (Wildman–Crippen LogP) is 1.59. The Labute approximate surface area is 57.1 Å². The van der Waals surface area contributed by atoms with Crippen LogP contribution in [0.2, 0.25) is 0 Å². The first kappa shape index (κ1) is 8.29. The molecule has 0 spiro atoms. The van der Waals surface area contributed by atoms with Crippen molar-refractivity contribution in [3.8, 4) is 6.19 Å². The molecule has 0 aromatic heterocycles. The van der Waals surface area contributed by atoms with Crippen molar-refractivity contribution in [2.24, 2.45) is 0 Å². The van der Waals surface area contributed by atoms with Gasteiger partial charge in [-0.25, -0.2) is 0 Å². The van der Waals surface area contributed by atoms with E-state index in [9.17, 15) is 0 Å². The van der Waals surface area contributed by atoms with E-state index in [4.69, 9.17) is 5.26 Å². The maximum absolute atomic E-state index is 8.48. The molecule has 0 saturated carbocycles. The van der Waals surface area contributed by atoms with E-state index in [1.165, 1.54) is 0 Å². The third-order valence-corrected chi connectivity index (χ3v) is 1.92. The lowest BCUT2D eigenvalue weighted by Crippen LogP contribution is -2.36. The average Bonchev–Trinajstić information content (AvgIpc) is 1.86. The van der Waals surface area contributed by atoms with Crippen LogP contribution in [0, 0.1) is 11.5 Å². The fraction of sp³-hybridized carbons (Fsp3) is 0.857. The van der Waals surface area contributed by atoms with Crippen molar-refractivity contribution < 1.29 is 0 Å². The summed E-state index contributed by atoms with van der Waals surface area (Å²) in [5.74, 6) is 0. The van der Waals surface area contributed by atoms with Gasteiger partial charge in [-0.05, 0) is 20.3 Å². The Kier molecular flexibility index (Phi) is 2.51. The van der Waals surface area contributed by atoms with Crippen LogP contribution in [0.15, 0.2) is 0 Å². The van der Waals surface area contributed by atoms with E-state index in [1.54, 1.807) is 4.90 Å². The second-order valence-corrected chi connectivity index (χ2v) is 2.83. The van der Waals surface area contributed by atoms with E-state index >= 15 is 0 Å². The average molecular weight is 126 g/mol. The molecule has 0 aromatic rings. The van der Waals surface area contributed by atoms with E-state index in [1.807, 2.05) is 7.05 Å². The first-order chi connectivity index (χ1) is 4.04. The zero-order valence-corrected chi connectivity index (χ0v) is 6.60. The lowest BCUT2D eigenvalue weighted by atomic mass is 10.0. The van der Waals surface area contributed by atoms with Crippen LogP contribution >= 0.6 is 0 Å².